The molecule has 0 fully saturated rings. The summed E-state index contributed by atoms with van der Waals surface area (Å²) in [4.78, 5) is 31.4. The maximum atomic E-state index is 13.5. The van der Waals surface area contributed by atoms with E-state index in [-0.39, 0.29) is 28.7 Å². The van der Waals surface area contributed by atoms with Crippen molar-refractivity contribution in [2.45, 2.75) is 19.9 Å². The molecule has 2 heterocycles. The van der Waals surface area contributed by atoms with E-state index >= 15 is 0 Å². The van der Waals surface area contributed by atoms with Crippen LogP contribution in [0.3, 0.4) is 0 Å². The highest BCUT2D eigenvalue weighted by Crippen LogP contribution is 2.35. The van der Waals surface area contributed by atoms with Crippen molar-refractivity contribution in [2.75, 3.05) is 13.7 Å². The molecule has 1 atom stereocenters. The SMILES string of the molecule is CCOC(=O)C1=C(C)N=c2s/c(=C/c3cc(Cl)c(O)c(OC)c3)c(=O)n2[C@@H]1c1ccccc1. The molecule has 0 spiro atoms. The van der Waals surface area contributed by atoms with Crippen LogP contribution in [0.2, 0.25) is 5.02 Å². The van der Waals surface area contributed by atoms with Crippen LogP contribution < -0.4 is 19.6 Å². The second kappa shape index (κ2) is 9.25. The van der Waals surface area contributed by atoms with Crippen molar-refractivity contribution >= 4 is 35.0 Å². The van der Waals surface area contributed by atoms with E-state index in [0.717, 1.165) is 5.56 Å². The van der Waals surface area contributed by atoms with Gasteiger partial charge in [-0.15, -0.1) is 0 Å². The second-order valence-corrected chi connectivity index (χ2v) is 8.68. The Bertz CT molecular complexity index is 1440. The number of aromatic nitrogens is 1. The number of benzene rings is 2. The molecular formula is C24H21ClN2O5S. The standard InChI is InChI=1S/C24H21ClN2O5S/c1-4-32-23(30)19-13(2)26-24-27(20(19)15-8-6-5-7-9-15)22(29)18(33-24)12-14-10-16(25)21(28)17(11-14)31-3/h5-12,20,28H,4H2,1-3H3/b18-12+/t20-/m1/s1. The highest BCUT2D eigenvalue weighted by Gasteiger charge is 2.33. The van der Waals surface area contributed by atoms with Crippen LogP contribution >= 0.6 is 22.9 Å². The summed E-state index contributed by atoms with van der Waals surface area (Å²) in [6.45, 7) is 3.69. The fraction of sp³-hybridized carbons (Fsp3) is 0.208. The first-order chi connectivity index (χ1) is 15.8. The van der Waals surface area contributed by atoms with Crippen molar-refractivity contribution in [3.05, 3.63) is 89.6 Å². The van der Waals surface area contributed by atoms with E-state index < -0.39 is 12.0 Å². The summed E-state index contributed by atoms with van der Waals surface area (Å²) in [5, 5.41) is 10.1. The van der Waals surface area contributed by atoms with Gasteiger partial charge in [0, 0.05) is 0 Å². The molecular weight excluding hydrogens is 464 g/mol. The Labute approximate surface area is 198 Å². The number of carbonyl (C=O) groups excluding carboxylic acids is 1. The summed E-state index contributed by atoms with van der Waals surface area (Å²) in [5.74, 6) is -0.474. The summed E-state index contributed by atoms with van der Waals surface area (Å²) >= 11 is 7.31. The van der Waals surface area contributed by atoms with Gasteiger partial charge in [0.2, 0.25) is 0 Å². The van der Waals surface area contributed by atoms with Crippen molar-refractivity contribution in [1.29, 1.82) is 0 Å². The number of carbonyl (C=O) groups is 1. The Morgan fingerprint density at radius 2 is 2.03 bits per heavy atom. The zero-order valence-corrected chi connectivity index (χ0v) is 19.7. The van der Waals surface area contributed by atoms with Crippen LogP contribution in [-0.4, -0.2) is 29.4 Å². The summed E-state index contributed by atoms with van der Waals surface area (Å²) in [7, 11) is 1.42. The average molecular weight is 485 g/mol. The molecule has 0 saturated carbocycles. The van der Waals surface area contributed by atoms with Crippen LogP contribution in [0.15, 0.2) is 63.5 Å². The number of phenols is 1. The van der Waals surface area contributed by atoms with Crippen LogP contribution in [0, 0.1) is 0 Å². The fourth-order valence-electron chi connectivity index (χ4n) is 3.73. The lowest BCUT2D eigenvalue weighted by Gasteiger charge is -2.24. The highest BCUT2D eigenvalue weighted by molar-refractivity contribution is 7.07. The Balaban J connectivity index is 1.95. The van der Waals surface area contributed by atoms with E-state index in [4.69, 9.17) is 21.1 Å². The van der Waals surface area contributed by atoms with E-state index in [0.29, 0.717) is 26.2 Å². The van der Waals surface area contributed by atoms with Gasteiger partial charge in [-0.25, -0.2) is 9.79 Å². The number of ether oxygens (including phenoxy) is 2. The van der Waals surface area contributed by atoms with Crippen molar-refractivity contribution in [3.8, 4) is 11.5 Å². The third-order valence-corrected chi connectivity index (χ3v) is 6.47. The number of aromatic hydroxyl groups is 1. The number of phenolic OH excluding ortho intramolecular Hbond substituents is 1. The van der Waals surface area contributed by atoms with Crippen molar-refractivity contribution in [2.24, 2.45) is 4.99 Å². The molecule has 0 radical (unpaired) electrons. The van der Waals surface area contributed by atoms with Crippen molar-refractivity contribution in [3.63, 3.8) is 0 Å². The van der Waals surface area contributed by atoms with Gasteiger partial charge in [-0.05, 0) is 43.2 Å². The molecule has 9 heteroatoms. The van der Waals surface area contributed by atoms with Crippen molar-refractivity contribution < 1.29 is 19.4 Å². The lowest BCUT2D eigenvalue weighted by atomic mass is 9.96. The molecule has 0 saturated heterocycles. The van der Waals surface area contributed by atoms with Gasteiger partial charge in [0.05, 0.1) is 40.6 Å². The number of esters is 1. The Kier molecular flexibility index (Phi) is 6.40. The Morgan fingerprint density at radius 3 is 2.70 bits per heavy atom. The molecule has 0 aliphatic carbocycles. The molecule has 0 amide bonds. The van der Waals surface area contributed by atoms with Crippen LogP contribution in [0.1, 0.15) is 31.0 Å². The zero-order valence-electron chi connectivity index (χ0n) is 18.2. The molecule has 7 nitrogen and oxygen atoms in total. The van der Waals surface area contributed by atoms with E-state index in [9.17, 15) is 14.7 Å². The normalized spacial score (nSPS) is 15.8. The minimum Gasteiger partial charge on any atom is -0.503 e. The lowest BCUT2D eigenvalue weighted by molar-refractivity contribution is -0.139. The van der Waals surface area contributed by atoms with Gasteiger partial charge in [-0.2, -0.15) is 0 Å². The van der Waals surface area contributed by atoms with Gasteiger partial charge < -0.3 is 14.6 Å². The predicted molar refractivity (Wildman–Crippen MR) is 127 cm³/mol. The molecule has 1 aliphatic heterocycles. The third kappa shape index (κ3) is 4.19. The molecule has 2 aromatic carbocycles. The number of allylic oxidation sites excluding steroid dienone is 1. The minimum atomic E-state index is -0.665. The predicted octanol–water partition coefficient (Wildman–Crippen LogP) is 3.17. The molecule has 4 rings (SSSR count). The third-order valence-electron chi connectivity index (χ3n) is 5.20. The Hall–Kier alpha value is -3.36. The zero-order chi connectivity index (χ0) is 23.7. The molecule has 170 valence electrons. The van der Waals surface area contributed by atoms with Gasteiger partial charge in [0.15, 0.2) is 16.3 Å². The van der Waals surface area contributed by atoms with Gasteiger partial charge >= 0.3 is 5.97 Å². The number of thiazole rings is 1. The number of hydrogen-bond acceptors (Lipinski definition) is 7. The summed E-state index contributed by atoms with van der Waals surface area (Å²) in [5.41, 5.74) is 1.89. The number of fused-ring (bicyclic) bond motifs is 1. The minimum absolute atomic E-state index is 0.107. The molecule has 33 heavy (non-hydrogen) atoms. The number of nitrogens with zero attached hydrogens (tertiary/aromatic N) is 2. The molecule has 1 aliphatic rings. The number of methoxy groups -OCH3 is 1. The average Bonchev–Trinajstić information content (AvgIpc) is 3.10. The maximum Gasteiger partial charge on any atom is 0.338 e. The smallest absolute Gasteiger partial charge is 0.338 e. The van der Waals surface area contributed by atoms with Gasteiger partial charge in [0.25, 0.3) is 5.56 Å². The summed E-state index contributed by atoms with van der Waals surface area (Å²) in [6.07, 6.45) is 1.66. The van der Waals surface area contributed by atoms with E-state index in [1.165, 1.54) is 23.0 Å². The van der Waals surface area contributed by atoms with Crippen LogP contribution in [0.4, 0.5) is 0 Å². The highest BCUT2D eigenvalue weighted by atomic mass is 35.5. The molecule has 3 aromatic rings. The Morgan fingerprint density at radius 1 is 1.30 bits per heavy atom. The number of hydrogen-bond donors (Lipinski definition) is 1. The van der Waals surface area contributed by atoms with Gasteiger partial charge in [-0.1, -0.05) is 53.3 Å². The molecule has 1 N–H and O–H groups in total. The first kappa shape index (κ1) is 22.8. The summed E-state index contributed by atoms with van der Waals surface area (Å²) < 4.78 is 12.4. The number of halogens is 1. The monoisotopic (exact) mass is 484 g/mol. The van der Waals surface area contributed by atoms with Gasteiger partial charge in [0.1, 0.15) is 0 Å². The van der Waals surface area contributed by atoms with Crippen LogP contribution in [-0.2, 0) is 9.53 Å². The molecule has 1 aromatic heterocycles. The van der Waals surface area contributed by atoms with Crippen LogP contribution in [0.5, 0.6) is 11.5 Å². The second-order valence-electron chi connectivity index (χ2n) is 7.27. The quantitative estimate of drug-likeness (QED) is 0.562. The van der Waals surface area contributed by atoms with E-state index in [1.54, 1.807) is 32.1 Å². The fourth-order valence-corrected chi connectivity index (χ4v) is 4.99. The first-order valence-corrected chi connectivity index (χ1v) is 11.4. The van der Waals surface area contributed by atoms with E-state index in [1.807, 2.05) is 30.3 Å². The topological polar surface area (TPSA) is 90.1 Å². The first-order valence-electron chi connectivity index (χ1n) is 10.2. The lowest BCUT2D eigenvalue weighted by Crippen LogP contribution is -2.39. The van der Waals surface area contributed by atoms with E-state index in [2.05, 4.69) is 4.99 Å². The van der Waals surface area contributed by atoms with Crippen LogP contribution in [0.25, 0.3) is 6.08 Å². The molecule has 0 unspecified atom stereocenters. The largest absolute Gasteiger partial charge is 0.503 e. The van der Waals surface area contributed by atoms with Gasteiger partial charge in [-0.3, -0.25) is 9.36 Å². The maximum absolute atomic E-state index is 13.5. The summed E-state index contributed by atoms with van der Waals surface area (Å²) in [6, 6.07) is 11.8. The molecule has 0 bridgehead atoms. The number of rotatable bonds is 5. The van der Waals surface area contributed by atoms with Crippen molar-refractivity contribution in [1.82, 2.24) is 4.57 Å².